The summed E-state index contributed by atoms with van der Waals surface area (Å²) in [6.45, 7) is 2.93. The normalized spacial score (nSPS) is 16.5. The Kier molecular flexibility index (Phi) is 5.46. The van der Waals surface area contributed by atoms with Crippen LogP contribution in [0.15, 0.2) is 65.7 Å². The summed E-state index contributed by atoms with van der Waals surface area (Å²) in [5.41, 5.74) is 3.00. The fourth-order valence-corrected chi connectivity index (χ4v) is 2.67. The molecule has 1 heterocycles. The fourth-order valence-electron chi connectivity index (χ4n) is 2.41. The highest BCUT2D eigenvalue weighted by molar-refractivity contribution is 6.65. The Morgan fingerprint density at radius 1 is 0.957 bits per heavy atom. The summed E-state index contributed by atoms with van der Waals surface area (Å²) in [6, 6.07) is 20.2. The van der Waals surface area contributed by atoms with Gasteiger partial charge in [0.15, 0.2) is 5.29 Å². The van der Waals surface area contributed by atoms with E-state index in [0.717, 1.165) is 29.9 Å². The molecule has 2 aromatic rings. The number of nitrogens with zero attached hydrogens (tertiary/aromatic N) is 2. The van der Waals surface area contributed by atoms with Crippen molar-refractivity contribution in [1.82, 2.24) is 4.90 Å². The van der Waals surface area contributed by atoms with Crippen LogP contribution in [0.3, 0.4) is 0 Å². The van der Waals surface area contributed by atoms with E-state index in [0.29, 0.717) is 18.5 Å². The van der Waals surface area contributed by atoms with Gasteiger partial charge in [-0.25, -0.2) is 4.99 Å². The molecule has 0 aliphatic carbocycles. The molecule has 3 nitrogen and oxygen atoms in total. The van der Waals surface area contributed by atoms with E-state index < -0.39 is 0 Å². The second-order valence-corrected chi connectivity index (χ2v) is 5.62. The second kappa shape index (κ2) is 7.95. The first-order valence-electron chi connectivity index (χ1n) is 7.72. The van der Waals surface area contributed by atoms with Gasteiger partial charge in [-0.3, -0.25) is 0 Å². The number of ether oxygens (including phenoxy) is 1. The van der Waals surface area contributed by atoms with Crippen LogP contribution in [0, 0.1) is 0 Å². The molecule has 0 bridgehead atoms. The van der Waals surface area contributed by atoms with Crippen molar-refractivity contribution in [1.29, 1.82) is 0 Å². The van der Waals surface area contributed by atoms with Crippen molar-refractivity contribution in [2.75, 3.05) is 26.3 Å². The Hall–Kier alpha value is -2.10. The van der Waals surface area contributed by atoms with Crippen LogP contribution < -0.4 is 0 Å². The average molecular weight is 327 g/mol. The lowest BCUT2D eigenvalue weighted by Crippen LogP contribution is -2.38. The van der Waals surface area contributed by atoms with E-state index in [1.807, 2.05) is 53.4 Å². The van der Waals surface area contributed by atoms with Gasteiger partial charge in [-0.15, -0.1) is 0 Å². The average Bonchev–Trinajstić information content (AvgIpc) is 2.63. The molecule has 118 valence electrons. The molecule has 1 saturated heterocycles. The van der Waals surface area contributed by atoms with Crippen molar-refractivity contribution in [2.45, 2.75) is 0 Å². The Bertz CT molecular complexity index is 677. The third-order valence-corrected chi connectivity index (χ3v) is 3.98. The molecule has 0 N–H and O–H groups in total. The molecular weight excluding hydrogens is 308 g/mol. The van der Waals surface area contributed by atoms with Gasteiger partial charge in [-0.2, -0.15) is 0 Å². The second-order valence-electron chi connectivity index (χ2n) is 5.29. The molecule has 1 aliphatic rings. The summed E-state index contributed by atoms with van der Waals surface area (Å²) in [5, 5.41) is 0.513. The first kappa shape index (κ1) is 15.8. The summed E-state index contributed by atoms with van der Waals surface area (Å²) in [4.78, 5) is 6.73. The first-order chi connectivity index (χ1) is 11.3. The summed E-state index contributed by atoms with van der Waals surface area (Å²) in [7, 11) is 0. The van der Waals surface area contributed by atoms with E-state index >= 15 is 0 Å². The van der Waals surface area contributed by atoms with Crippen molar-refractivity contribution in [3.05, 3.63) is 71.8 Å². The summed E-state index contributed by atoms with van der Waals surface area (Å²) >= 11 is 6.45. The Labute approximate surface area is 141 Å². The molecular formula is C19H19ClN2O. The predicted octanol–water partition coefficient (Wildman–Crippen LogP) is 4.11. The number of benzene rings is 2. The number of hydrogen-bond donors (Lipinski definition) is 0. The number of amidine groups is 1. The van der Waals surface area contributed by atoms with Gasteiger partial charge in [-0.1, -0.05) is 60.7 Å². The largest absolute Gasteiger partial charge is 0.378 e. The monoisotopic (exact) mass is 326 g/mol. The topological polar surface area (TPSA) is 24.8 Å². The summed E-state index contributed by atoms with van der Waals surface area (Å²) in [5.74, 6) is 0. The highest BCUT2D eigenvalue weighted by atomic mass is 35.5. The molecule has 0 spiro atoms. The van der Waals surface area contributed by atoms with Crippen LogP contribution in [0.1, 0.15) is 11.1 Å². The van der Waals surface area contributed by atoms with Crippen molar-refractivity contribution in [3.8, 4) is 0 Å². The smallest absolute Gasteiger partial charge is 0.199 e. The zero-order chi connectivity index (χ0) is 15.9. The van der Waals surface area contributed by atoms with Crippen molar-refractivity contribution in [2.24, 2.45) is 4.99 Å². The molecule has 0 radical (unpaired) electrons. The molecule has 1 fully saturated rings. The quantitative estimate of drug-likeness (QED) is 0.367. The zero-order valence-electron chi connectivity index (χ0n) is 12.9. The SMILES string of the molecule is ClC(=N/C(=C/c1ccccc1)c1ccccc1)N1CCOCC1. The van der Waals surface area contributed by atoms with Crippen molar-refractivity contribution in [3.63, 3.8) is 0 Å². The van der Waals surface area contributed by atoms with Crippen LogP contribution in [0.25, 0.3) is 11.8 Å². The van der Waals surface area contributed by atoms with Crippen LogP contribution >= 0.6 is 11.6 Å². The molecule has 1 aliphatic heterocycles. The van der Waals surface area contributed by atoms with Gasteiger partial charge in [0.05, 0.1) is 18.9 Å². The fraction of sp³-hybridized carbons (Fsp3) is 0.211. The third kappa shape index (κ3) is 4.44. The maximum Gasteiger partial charge on any atom is 0.199 e. The summed E-state index contributed by atoms with van der Waals surface area (Å²) in [6.07, 6.45) is 2.05. The first-order valence-corrected chi connectivity index (χ1v) is 8.10. The highest BCUT2D eigenvalue weighted by Gasteiger charge is 2.14. The van der Waals surface area contributed by atoms with Gasteiger partial charge in [0, 0.05) is 18.7 Å². The maximum absolute atomic E-state index is 6.45. The minimum absolute atomic E-state index is 0.513. The standard InChI is InChI=1S/C19H19ClN2O/c20-19(22-11-13-23-14-12-22)21-18(17-9-5-2-6-10-17)15-16-7-3-1-4-8-16/h1-10,15H,11-14H2/b18-15+,21-19?. The van der Waals surface area contributed by atoms with Crippen LogP contribution in [0.5, 0.6) is 0 Å². The van der Waals surface area contributed by atoms with Crippen molar-refractivity contribution < 1.29 is 4.74 Å². The molecule has 0 atom stereocenters. The van der Waals surface area contributed by atoms with E-state index in [1.165, 1.54) is 0 Å². The van der Waals surface area contributed by atoms with Crippen LogP contribution in [0.4, 0.5) is 0 Å². The molecule has 0 unspecified atom stereocenters. The Balaban J connectivity index is 1.93. The minimum Gasteiger partial charge on any atom is -0.378 e. The van der Waals surface area contributed by atoms with Gasteiger partial charge in [-0.05, 0) is 23.2 Å². The van der Waals surface area contributed by atoms with Gasteiger partial charge >= 0.3 is 0 Å². The lowest BCUT2D eigenvalue weighted by Gasteiger charge is -2.27. The molecule has 23 heavy (non-hydrogen) atoms. The van der Waals surface area contributed by atoms with Crippen LogP contribution in [0.2, 0.25) is 0 Å². The number of hydrogen-bond acceptors (Lipinski definition) is 2. The lowest BCUT2D eigenvalue weighted by molar-refractivity contribution is 0.0692. The number of halogens is 1. The van der Waals surface area contributed by atoms with Gasteiger partial charge in [0.1, 0.15) is 0 Å². The van der Waals surface area contributed by atoms with E-state index in [1.54, 1.807) is 0 Å². The number of aliphatic imine (C=N–C) groups is 1. The third-order valence-electron chi connectivity index (χ3n) is 3.66. The van der Waals surface area contributed by atoms with E-state index in [4.69, 9.17) is 16.3 Å². The van der Waals surface area contributed by atoms with Gasteiger partial charge in [0.25, 0.3) is 0 Å². The van der Waals surface area contributed by atoms with E-state index in [9.17, 15) is 0 Å². The molecule has 4 heteroatoms. The van der Waals surface area contributed by atoms with Crippen molar-refractivity contribution >= 4 is 28.7 Å². The number of morpholine rings is 1. The minimum atomic E-state index is 0.513. The molecule has 0 aromatic heterocycles. The Morgan fingerprint density at radius 3 is 2.22 bits per heavy atom. The van der Waals surface area contributed by atoms with Gasteiger partial charge in [0.2, 0.25) is 0 Å². The maximum atomic E-state index is 6.45. The Morgan fingerprint density at radius 2 is 1.57 bits per heavy atom. The molecule has 0 amide bonds. The number of rotatable bonds is 3. The lowest BCUT2D eigenvalue weighted by atomic mass is 10.1. The molecule has 3 rings (SSSR count). The van der Waals surface area contributed by atoms with E-state index in [-0.39, 0.29) is 0 Å². The van der Waals surface area contributed by atoms with Gasteiger partial charge < -0.3 is 9.64 Å². The summed E-state index contributed by atoms with van der Waals surface area (Å²) < 4.78 is 5.37. The highest BCUT2D eigenvalue weighted by Crippen LogP contribution is 2.21. The zero-order valence-corrected chi connectivity index (χ0v) is 13.6. The van der Waals surface area contributed by atoms with Crippen LogP contribution in [-0.2, 0) is 4.74 Å². The predicted molar refractivity (Wildman–Crippen MR) is 96.4 cm³/mol. The molecule has 2 aromatic carbocycles. The van der Waals surface area contributed by atoms with Crippen LogP contribution in [-0.4, -0.2) is 36.5 Å². The molecule has 0 saturated carbocycles. The van der Waals surface area contributed by atoms with E-state index in [2.05, 4.69) is 23.2 Å².